The van der Waals surface area contributed by atoms with E-state index in [4.69, 9.17) is 5.14 Å². The second-order valence-corrected chi connectivity index (χ2v) is 6.29. The fourth-order valence-corrected chi connectivity index (χ4v) is 2.94. The van der Waals surface area contributed by atoms with E-state index in [1.54, 1.807) is 0 Å². The van der Waals surface area contributed by atoms with Crippen LogP contribution >= 0.6 is 12.1 Å². The van der Waals surface area contributed by atoms with Crippen molar-refractivity contribution in [3.8, 4) is 0 Å². The van der Waals surface area contributed by atoms with E-state index < -0.39 is 0 Å². The Morgan fingerprint density at radius 3 is 2.75 bits per heavy atom. The molecule has 0 aromatic carbocycles. The zero-order chi connectivity index (χ0) is 14.6. The van der Waals surface area contributed by atoms with E-state index >= 15 is 0 Å². The third kappa shape index (κ3) is 8.66. The van der Waals surface area contributed by atoms with Gasteiger partial charge in [0.2, 0.25) is 0 Å². The molecule has 0 heterocycles. The first-order chi connectivity index (χ1) is 9.72. The van der Waals surface area contributed by atoms with Gasteiger partial charge in [-0.15, -0.1) is 0 Å². The molecule has 5 nitrogen and oxygen atoms in total. The van der Waals surface area contributed by atoms with E-state index in [9.17, 15) is 4.79 Å². The summed E-state index contributed by atoms with van der Waals surface area (Å²) < 4.78 is 3.01. The summed E-state index contributed by atoms with van der Waals surface area (Å²) in [6.07, 6.45) is 9.71. The topological polar surface area (TPSA) is 79.2 Å². The van der Waals surface area contributed by atoms with Crippen LogP contribution in [0.3, 0.4) is 0 Å². The number of carbonyl (C=O) groups excluding carboxylic acids is 1. The summed E-state index contributed by atoms with van der Waals surface area (Å²) in [4.78, 5) is 11.8. The molecule has 1 aliphatic carbocycles. The standard InChI is InChI=1S/C14H30N4OS/c1-12(7-5-6-10-17-20-15)18-14(19)16-11-13-8-3-2-4-9-13/h12-13,17H,2-11,15H2,1H3,(H2,16,18,19). The lowest BCUT2D eigenvalue weighted by Gasteiger charge is -2.22. The minimum atomic E-state index is -0.0151. The highest BCUT2D eigenvalue weighted by atomic mass is 32.2. The van der Waals surface area contributed by atoms with E-state index in [0.29, 0.717) is 5.92 Å². The van der Waals surface area contributed by atoms with Crippen LogP contribution in [-0.2, 0) is 0 Å². The SMILES string of the molecule is CC(CCCCNSN)NC(=O)NCC1CCCCC1. The zero-order valence-corrected chi connectivity index (χ0v) is 13.4. The third-order valence-electron chi connectivity index (χ3n) is 3.90. The van der Waals surface area contributed by atoms with Gasteiger partial charge in [-0.25, -0.2) is 4.79 Å². The van der Waals surface area contributed by atoms with Crippen LogP contribution in [0.4, 0.5) is 4.79 Å². The molecule has 0 bridgehead atoms. The van der Waals surface area contributed by atoms with Crippen LogP contribution < -0.4 is 20.5 Å². The smallest absolute Gasteiger partial charge is 0.315 e. The van der Waals surface area contributed by atoms with E-state index in [1.807, 2.05) is 0 Å². The second-order valence-electron chi connectivity index (χ2n) is 5.77. The van der Waals surface area contributed by atoms with Crippen LogP contribution in [0.2, 0.25) is 0 Å². The molecule has 0 aromatic heterocycles. The molecule has 1 saturated carbocycles. The molecule has 0 saturated heterocycles. The molecule has 1 atom stereocenters. The van der Waals surface area contributed by atoms with Crippen LogP contribution in [0, 0.1) is 5.92 Å². The van der Waals surface area contributed by atoms with E-state index in [2.05, 4.69) is 22.3 Å². The molecule has 1 aliphatic rings. The summed E-state index contributed by atoms with van der Waals surface area (Å²) in [5.74, 6) is 0.685. The van der Waals surface area contributed by atoms with Crippen LogP contribution in [0.25, 0.3) is 0 Å². The Bertz CT molecular complexity index is 260. The van der Waals surface area contributed by atoms with Crippen molar-refractivity contribution in [2.45, 2.75) is 64.3 Å². The quantitative estimate of drug-likeness (QED) is 0.390. The maximum atomic E-state index is 11.8. The highest BCUT2D eigenvalue weighted by Crippen LogP contribution is 2.22. The van der Waals surface area contributed by atoms with Crippen LogP contribution in [-0.4, -0.2) is 25.2 Å². The number of hydrogen-bond donors (Lipinski definition) is 4. The lowest BCUT2D eigenvalue weighted by Crippen LogP contribution is -2.42. The molecule has 0 aromatic rings. The van der Waals surface area contributed by atoms with Crippen molar-refractivity contribution in [2.75, 3.05) is 13.1 Å². The maximum Gasteiger partial charge on any atom is 0.315 e. The lowest BCUT2D eigenvalue weighted by atomic mass is 9.89. The molecule has 20 heavy (non-hydrogen) atoms. The number of rotatable bonds is 9. The number of nitrogens with two attached hydrogens (primary N) is 1. The highest BCUT2D eigenvalue weighted by Gasteiger charge is 2.14. The third-order valence-corrected chi connectivity index (χ3v) is 4.27. The predicted octanol–water partition coefficient (Wildman–Crippen LogP) is 2.54. The summed E-state index contributed by atoms with van der Waals surface area (Å²) in [5.41, 5.74) is 0. The Morgan fingerprint density at radius 1 is 1.30 bits per heavy atom. The second kappa shape index (κ2) is 11.2. The van der Waals surface area contributed by atoms with Crippen molar-refractivity contribution < 1.29 is 4.79 Å². The van der Waals surface area contributed by atoms with Gasteiger partial charge in [0.15, 0.2) is 0 Å². The van der Waals surface area contributed by atoms with Gasteiger partial charge in [-0.2, -0.15) is 0 Å². The molecule has 0 aliphatic heterocycles. The minimum absolute atomic E-state index is 0.0151. The summed E-state index contributed by atoms with van der Waals surface area (Å²) in [7, 11) is 0. The van der Waals surface area contributed by atoms with Crippen molar-refractivity contribution in [1.29, 1.82) is 0 Å². The first kappa shape index (κ1) is 17.6. The largest absolute Gasteiger partial charge is 0.338 e. The average molecular weight is 302 g/mol. The van der Waals surface area contributed by atoms with Crippen LogP contribution in [0.1, 0.15) is 58.3 Å². The molecular weight excluding hydrogens is 272 g/mol. The van der Waals surface area contributed by atoms with E-state index in [1.165, 1.54) is 32.1 Å². The Labute approximate surface area is 127 Å². The van der Waals surface area contributed by atoms with Gasteiger partial charge < -0.3 is 10.6 Å². The van der Waals surface area contributed by atoms with Gasteiger partial charge in [0, 0.05) is 31.3 Å². The first-order valence-electron chi connectivity index (χ1n) is 7.85. The fraction of sp³-hybridized carbons (Fsp3) is 0.929. The first-order valence-corrected chi connectivity index (χ1v) is 8.73. The number of unbranched alkanes of at least 4 members (excludes halogenated alkanes) is 1. The van der Waals surface area contributed by atoms with E-state index in [0.717, 1.165) is 44.5 Å². The molecule has 0 radical (unpaired) electrons. The van der Waals surface area contributed by atoms with Gasteiger partial charge in [-0.3, -0.25) is 9.86 Å². The number of amides is 2. The van der Waals surface area contributed by atoms with Crippen molar-refractivity contribution in [3.05, 3.63) is 0 Å². The molecule has 5 N–H and O–H groups in total. The Morgan fingerprint density at radius 2 is 2.05 bits per heavy atom. The number of hydrogen-bond acceptors (Lipinski definition) is 4. The van der Waals surface area contributed by atoms with Gasteiger partial charge in [0.05, 0.1) is 0 Å². The van der Waals surface area contributed by atoms with Gasteiger partial charge in [0.1, 0.15) is 0 Å². The van der Waals surface area contributed by atoms with Crippen molar-refractivity contribution in [2.24, 2.45) is 11.1 Å². The molecule has 118 valence electrons. The molecular formula is C14H30N4OS. The van der Waals surface area contributed by atoms with Gasteiger partial charge in [0.25, 0.3) is 0 Å². The van der Waals surface area contributed by atoms with Gasteiger partial charge >= 0.3 is 6.03 Å². The van der Waals surface area contributed by atoms with Crippen molar-refractivity contribution in [1.82, 2.24) is 15.4 Å². The molecule has 6 heteroatoms. The minimum Gasteiger partial charge on any atom is -0.338 e. The normalized spacial score (nSPS) is 17.7. The van der Waals surface area contributed by atoms with Crippen molar-refractivity contribution >= 4 is 18.2 Å². The molecule has 0 spiro atoms. The summed E-state index contributed by atoms with van der Waals surface area (Å²) in [6, 6.07) is 0.214. The Kier molecular flexibility index (Phi) is 9.87. The molecule has 1 rings (SSSR count). The number of urea groups is 1. The van der Waals surface area contributed by atoms with Gasteiger partial charge in [-0.05, 0) is 38.5 Å². The summed E-state index contributed by atoms with van der Waals surface area (Å²) in [6.45, 7) is 3.81. The average Bonchev–Trinajstić information content (AvgIpc) is 2.46. The monoisotopic (exact) mass is 302 g/mol. The number of nitrogens with one attached hydrogen (secondary N) is 3. The highest BCUT2D eigenvalue weighted by molar-refractivity contribution is 7.95. The molecule has 1 unspecified atom stereocenters. The zero-order valence-electron chi connectivity index (χ0n) is 12.6. The fourth-order valence-electron chi connectivity index (χ4n) is 2.68. The summed E-state index contributed by atoms with van der Waals surface area (Å²) >= 11 is 1.16. The Hall–Kier alpha value is -0.460. The summed E-state index contributed by atoms with van der Waals surface area (Å²) in [5, 5.41) is 11.3. The molecule has 1 fully saturated rings. The Balaban J connectivity index is 1.99. The predicted molar refractivity (Wildman–Crippen MR) is 86.2 cm³/mol. The number of carbonyl (C=O) groups is 1. The lowest BCUT2D eigenvalue weighted by molar-refractivity contribution is 0.232. The van der Waals surface area contributed by atoms with Gasteiger partial charge in [-0.1, -0.05) is 25.7 Å². The van der Waals surface area contributed by atoms with Crippen molar-refractivity contribution in [3.63, 3.8) is 0 Å². The van der Waals surface area contributed by atoms with Crippen LogP contribution in [0.5, 0.6) is 0 Å². The van der Waals surface area contributed by atoms with Crippen LogP contribution in [0.15, 0.2) is 0 Å². The van der Waals surface area contributed by atoms with E-state index in [-0.39, 0.29) is 12.1 Å². The molecule has 2 amide bonds. The maximum absolute atomic E-state index is 11.8.